The number of carbonyl (C=O) groups is 3. The number of oxime groups is 1. The lowest BCUT2D eigenvalue weighted by Crippen LogP contribution is -2.71. The number of thiazole rings is 1. The van der Waals surface area contributed by atoms with Gasteiger partial charge in [-0.15, -0.1) is 23.1 Å². The number of nitrogens with one attached hydrogen (secondary N) is 2. The molecule has 0 bridgehead atoms. The number of aromatic nitrogens is 1. The Balaban J connectivity index is 1.03. The summed E-state index contributed by atoms with van der Waals surface area (Å²) in [5, 5.41) is 12.4. The Labute approximate surface area is 368 Å². The van der Waals surface area contributed by atoms with Crippen molar-refractivity contribution in [2.24, 2.45) is 5.16 Å². The van der Waals surface area contributed by atoms with E-state index >= 15 is 0 Å². The van der Waals surface area contributed by atoms with E-state index in [1.807, 2.05) is 93.0 Å². The van der Waals surface area contributed by atoms with Gasteiger partial charge in [0, 0.05) is 17.6 Å². The third-order valence-corrected chi connectivity index (χ3v) is 13.0. The number of anilines is 1. The summed E-state index contributed by atoms with van der Waals surface area (Å²) < 4.78 is 11.5. The van der Waals surface area contributed by atoms with Crippen molar-refractivity contribution in [1.29, 1.82) is 0 Å². The number of thioether (sulfide) groups is 1. The zero-order chi connectivity index (χ0) is 43.3. The van der Waals surface area contributed by atoms with Gasteiger partial charge >= 0.3 is 5.97 Å². The Morgan fingerprint density at radius 3 is 2.13 bits per heavy atom. The van der Waals surface area contributed by atoms with Crippen LogP contribution in [-0.4, -0.2) is 96.2 Å². The predicted molar refractivity (Wildman–Crippen MR) is 239 cm³/mol. The van der Waals surface area contributed by atoms with Gasteiger partial charge in [0.2, 0.25) is 0 Å². The molecule has 15 heteroatoms. The van der Waals surface area contributed by atoms with E-state index in [9.17, 15) is 14.4 Å². The monoisotopic (exact) mass is 871 g/mol. The SMILES string of the molecule is CO/N=C(\C(=O)N[C@@H]1C(=O)N2C(C(=O)OCc3ccc(OC)cc3)=C(/C=C/C3CC[N+](C)(C)O3)CS[C@H]12)c1csc(NC(c2ccccc2)(c2ccccc2)c2ccccc2)n1. The molecule has 0 radical (unpaired) electrons. The highest BCUT2D eigenvalue weighted by atomic mass is 32.2. The fraction of sp³-hybridized carbons (Fsp3) is 0.255. The molecule has 318 valence electrons. The van der Waals surface area contributed by atoms with Gasteiger partial charge in [-0.3, -0.25) is 14.5 Å². The van der Waals surface area contributed by atoms with E-state index in [0.29, 0.717) is 26.9 Å². The van der Waals surface area contributed by atoms with Crippen LogP contribution in [0, 0.1) is 0 Å². The Morgan fingerprint density at radius 1 is 0.935 bits per heavy atom. The van der Waals surface area contributed by atoms with E-state index in [1.54, 1.807) is 24.6 Å². The van der Waals surface area contributed by atoms with Gasteiger partial charge in [0.1, 0.15) is 60.5 Å². The first-order chi connectivity index (χ1) is 30.1. The molecule has 8 rings (SSSR count). The summed E-state index contributed by atoms with van der Waals surface area (Å²) >= 11 is 2.76. The fourth-order valence-electron chi connectivity index (χ4n) is 7.85. The van der Waals surface area contributed by atoms with Gasteiger partial charge in [-0.1, -0.05) is 114 Å². The Hall–Kier alpha value is -6.26. The molecule has 3 aliphatic rings. The molecule has 2 amide bonds. The van der Waals surface area contributed by atoms with Crippen molar-refractivity contribution in [2.45, 2.75) is 36.1 Å². The number of rotatable bonds is 15. The molecule has 2 N–H and O–H groups in total. The number of hydroxylamine groups is 3. The normalized spacial score (nSPS) is 19.7. The summed E-state index contributed by atoms with van der Waals surface area (Å²) in [5.74, 6) is -0.682. The molecule has 1 aromatic heterocycles. The van der Waals surface area contributed by atoms with E-state index in [1.165, 1.54) is 35.1 Å². The second-order valence-electron chi connectivity index (χ2n) is 15.4. The van der Waals surface area contributed by atoms with E-state index in [-0.39, 0.29) is 29.8 Å². The first-order valence-corrected chi connectivity index (χ1v) is 22.0. The Kier molecular flexibility index (Phi) is 12.6. The number of methoxy groups -OCH3 is 1. The first-order valence-electron chi connectivity index (χ1n) is 20.1. The standard InChI is InChI=1S/C47H46N6O7S2/c1-53(2)27-26-37(60-53)25-22-32-29-61-44-40(43(55)52(44)41(32)45(56)59-28-31-20-23-36(57-3)24-21-31)49-42(54)39(51-58-4)38-30-62-46(48-38)50-47(33-14-8-5-9-15-33,34-16-10-6-11-17-34)35-18-12-7-13-19-35/h5-25,30,37,40,44H,26-29H2,1-4H3,(H-,48,49,50,54)/p+1/b25-22+,51-39-/t37?,40-,44-/m1/s1. The van der Waals surface area contributed by atoms with Crippen molar-refractivity contribution in [3.63, 3.8) is 0 Å². The second-order valence-corrected chi connectivity index (χ2v) is 17.3. The molecule has 4 heterocycles. The topological polar surface area (TPSA) is 141 Å². The van der Waals surface area contributed by atoms with Crippen LogP contribution in [0.4, 0.5) is 5.13 Å². The molecule has 3 atom stereocenters. The molecule has 1 unspecified atom stereocenters. The number of ether oxygens (including phenoxy) is 2. The summed E-state index contributed by atoms with van der Waals surface area (Å²) in [6.45, 7) is 0.835. The van der Waals surface area contributed by atoms with Crippen LogP contribution >= 0.6 is 23.1 Å². The maximum absolute atomic E-state index is 14.1. The van der Waals surface area contributed by atoms with Crippen LogP contribution < -0.4 is 15.4 Å². The van der Waals surface area contributed by atoms with E-state index in [4.69, 9.17) is 24.1 Å². The van der Waals surface area contributed by atoms with Crippen molar-refractivity contribution >= 4 is 51.7 Å². The largest absolute Gasteiger partial charge is 0.497 e. The van der Waals surface area contributed by atoms with Gasteiger partial charge < -0.3 is 24.9 Å². The van der Waals surface area contributed by atoms with E-state index in [0.717, 1.165) is 35.2 Å². The molecule has 4 aromatic carbocycles. The number of nitrogens with zero attached hydrogens (tertiary/aromatic N) is 4. The number of hydrogen-bond acceptors (Lipinski definition) is 12. The molecule has 13 nitrogen and oxygen atoms in total. The molecule has 62 heavy (non-hydrogen) atoms. The third-order valence-electron chi connectivity index (χ3n) is 11.0. The second kappa shape index (κ2) is 18.4. The number of β-lactam (4-membered cyclic amide) rings is 1. The lowest BCUT2D eigenvalue weighted by molar-refractivity contribution is -1.06. The number of carbonyl (C=O) groups excluding carboxylic acids is 3. The summed E-state index contributed by atoms with van der Waals surface area (Å²) in [7, 11) is 6.91. The molecular formula is C47H47N6O7S2+. The molecule has 3 aliphatic heterocycles. The minimum absolute atomic E-state index is 0.00870. The van der Waals surface area contributed by atoms with Crippen LogP contribution in [0.5, 0.6) is 5.75 Å². The number of benzene rings is 4. The summed E-state index contributed by atoms with van der Waals surface area (Å²) in [6.07, 6.45) is 4.44. The smallest absolute Gasteiger partial charge is 0.355 e. The zero-order valence-corrected chi connectivity index (χ0v) is 36.4. The van der Waals surface area contributed by atoms with Gasteiger partial charge in [0.25, 0.3) is 11.8 Å². The fourth-order valence-corrected chi connectivity index (χ4v) is 9.92. The number of esters is 1. The lowest BCUT2D eigenvalue weighted by atomic mass is 9.77. The molecule has 0 saturated carbocycles. The highest BCUT2D eigenvalue weighted by Gasteiger charge is 2.54. The highest BCUT2D eigenvalue weighted by molar-refractivity contribution is 8.00. The molecule has 0 spiro atoms. The summed E-state index contributed by atoms with van der Waals surface area (Å²) in [6, 6.07) is 36.6. The van der Waals surface area contributed by atoms with Crippen molar-refractivity contribution in [3.05, 3.63) is 172 Å². The lowest BCUT2D eigenvalue weighted by Gasteiger charge is -2.49. The minimum Gasteiger partial charge on any atom is -0.497 e. The maximum Gasteiger partial charge on any atom is 0.355 e. The van der Waals surface area contributed by atoms with Crippen LogP contribution in [0.25, 0.3) is 0 Å². The number of amides is 2. The number of fused-ring (bicyclic) bond motifs is 1. The Morgan fingerprint density at radius 2 is 1.56 bits per heavy atom. The molecular weight excluding hydrogens is 825 g/mol. The van der Waals surface area contributed by atoms with Gasteiger partial charge in [-0.05, 0) is 46.0 Å². The van der Waals surface area contributed by atoms with Crippen molar-refractivity contribution in [3.8, 4) is 5.75 Å². The summed E-state index contributed by atoms with van der Waals surface area (Å²) in [5.41, 5.74) is 3.79. The van der Waals surface area contributed by atoms with Crippen molar-refractivity contribution in [2.75, 3.05) is 45.9 Å². The van der Waals surface area contributed by atoms with Gasteiger partial charge in [-0.25, -0.2) is 9.78 Å². The van der Waals surface area contributed by atoms with Gasteiger partial charge in [-0.2, -0.15) is 9.48 Å². The number of quaternary nitrogens is 1. The van der Waals surface area contributed by atoms with Crippen LogP contribution in [0.1, 0.15) is 34.4 Å². The average molecular weight is 872 g/mol. The van der Waals surface area contributed by atoms with Crippen molar-refractivity contribution in [1.82, 2.24) is 15.2 Å². The molecule has 2 saturated heterocycles. The van der Waals surface area contributed by atoms with Crippen LogP contribution in [0.3, 0.4) is 0 Å². The van der Waals surface area contributed by atoms with Crippen LogP contribution in [-0.2, 0) is 40.9 Å². The number of allylic oxidation sites excluding steroid dienone is 1. The van der Waals surface area contributed by atoms with Gasteiger partial charge in [0.05, 0.1) is 21.2 Å². The van der Waals surface area contributed by atoms with Gasteiger partial charge in [0.15, 0.2) is 10.8 Å². The number of hydrogen-bond donors (Lipinski definition) is 2. The minimum atomic E-state index is -0.959. The zero-order valence-electron chi connectivity index (χ0n) is 34.7. The highest BCUT2D eigenvalue weighted by Crippen LogP contribution is 2.43. The quantitative estimate of drug-likeness (QED) is 0.0294. The predicted octanol–water partition coefficient (Wildman–Crippen LogP) is 6.64. The van der Waals surface area contributed by atoms with E-state index in [2.05, 4.69) is 52.2 Å². The average Bonchev–Trinajstić information content (AvgIpc) is 3.92. The molecule has 0 aliphatic carbocycles. The first kappa shape index (κ1) is 42.4. The molecule has 2 fully saturated rings. The maximum atomic E-state index is 14.1. The Bertz CT molecular complexity index is 2400. The molecule has 5 aromatic rings. The third kappa shape index (κ3) is 8.75. The van der Waals surface area contributed by atoms with E-state index < -0.39 is 34.7 Å². The van der Waals surface area contributed by atoms with Crippen LogP contribution in [0.15, 0.2) is 149 Å². The van der Waals surface area contributed by atoms with Crippen LogP contribution in [0.2, 0.25) is 0 Å². The summed E-state index contributed by atoms with van der Waals surface area (Å²) in [4.78, 5) is 59.6. The van der Waals surface area contributed by atoms with Crippen molar-refractivity contribution < 1.29 is 38.2 Å².